The minimum Gasteiger partial charge on any atom is -0.378 e. The highest BCUT2D eigenvalue weighted by atomic mass is 16.5. The normalized spacial score (nSPS) is 15.6. The number of amides is 2. The Hall–Kier alpha value is -2.99. The van der Waals surface area contributed by atoms with Crippen LogP contribution in [0.1, 0.15) is 11.1 Å². The predicted molar refractivity (Wildman–Crippen MR) is 107 cm³/mol. The van der Waals surface area contributed by atoms with Crippen LogP contribution in [0, 0.1) is 0 Å². The molecule has 2 aromatic carbocycles. The molecular weight excluding hydrogens is 340 g/mol. The maximum Gasteiger partial charge on any atom is 0.345 e. The average molecular weight is 364 g/mol. The molecule has 1 saturated heterocycles. The van der Waals surface area contributed by atoms with Gasteiger partial charge in [0.1, 0.15) is 5.84 Å². The molecule has 6 nitrogen and oxygen atoms in total. The van der Waals surface area contributed by atoms with Crippen LogP contribution in [0.2, 0.25) is 0 Å². The Balaban J connectivity index is 2.08. The molecule has 0 radical (unpaired) electrons. The largest absolute Gasteiger partial charge is 0.378 e. The molecule has 6 heteroatoms. The molecule has 0 bridgehead atoms. The van der Waals surface area contributed by atoms with E-state index in [1.165, 1.54) is 4.90 Å². The van der Waals surface area contributed by atoms with E-state index in [9.17, 15) is 4.79 Å². The lowest BCUT2D eigenvalue weighted by Crippen LogP contribution is -2.41. The van der Waals surface area contributed by atoms with Gasteiger partial charge in [-0.25, -0.2) is 9.79 Å². The van der Waals surface area contributed by atoms with Crippen LogP contribution >= 0.6 is 0 Å². The predicted octanol–water partition coefficient (Wildman–Crippen LogP) is 2.89. The summed E-state index contributed by atoms with van der Waals surface area (Å²) in [6.45, 7) is 2.80. The number of hydrogen-bond acceptors (Lipinski definition) is 2. The molecule has 1 heterocycles. The molecular formula is C21H24N4O2. The van der Waals surface area contributed by atoms with E-state index in [1.54, 1.807) is 14.1 Å². The monoisotopic (exact) mass is 364 g/mol. The smallest absolute Gasteiger partial charge is 0.345 e. The van der Waals surface area contributed by atoms with Gasteiger partial charge in [0.25, 0.3) is 0 Å². The second-order valence-electron chi connectivity index (χ2n) is 6.38. The summed E-state index contributed by atoms with van der Waals surface area (Å²) in [5.41, 5.74) is 1.79. The Bertz CT molecular complexity index is 811. The van der Waals surface area contributed by atoms with Crippen molar-refractivity contribution in [3.05, 3.63) is 71.8 Å². The Morgan fingerprint density at radius 2 is 1.44 bits per heavy atom. The van der Waals surface area contributed by atoms with E-state index in [4.69, 9.17) is 9.73 Å². The third-order valence-corrected chi connectivity index (χ3v) is 4.17. The molecule has 1 fully saturated rings. The van der Waals surface area contributed by atoms with E-state index in [2.05, 4.69) is 9.89 Å². The van der Waals surface area contributed by atoms with Crippen molar-refractivity contribution in [2.45, 2.75) is 0 Å². The van der Waals surface area contributed by atoms with Gasteiger partial charge < -0.3 is 14.5 Å². The summed E-state index contributed by atoms with van der Waals surface area (Å²) >= 11 is 0. The molecule has 0 unspecified atom stereocenters. The quantitative estimate of drug-likeness (QED) is 0.608. The van der Waals surface area contributed by atoms with Crippen LogP contribution in [-0.2, 0) is 4.74 Å². The van der Waals surface area contributed by atoms with Crippen LogP contribution in [0.3, 0.4) is 0 Å². The zero-order valence-corrected chi connectivity index (χ0v) is 15.7. The van der Waals surface area contributed by atoms with E-state index in [0.29, 0.717) is 19.0 Å². The number of amidine groups is 2. The zero-order chi connectivity index (χ0) is 19.1. The highest BCUT2D eigenvalue weighted by molar-refractivity contribution is 6.13. The summed E-state index contributed by atoms with van der Waals surface area (Å²) < 4.78 is 5.48. The standard InChI is InChI=1S/C21H24N4O2/c1-24(2)21(26)23-19(17-9-5-3-6-10-17)22-20(18-11-7-4-8-12-18)25-13-15-27-16-14-25/h3-12H,13-16H2,1-2H3/b22-20?,23-19+. The number of aliphatic imine (C=N–C) groups is 2. The maximum atomic E-state index is 12.3. The number of rotatable bonds is 2. The number of carbonyl (C=O) groups excluding carboxylic acids is 1. The number of nitrogens with zero attached hydrogens (tertiary/aromatic N) is 4. The second kappa shape index (κ2) is 9.09. The first kappa shape index (κ1) is 18.8. The summed E-state index contributed by atoms with van der Waals surface area (Å²) in [6, 6.07) is 19.2. The van der Waals surface area contributed by atoms with Gasteiger partial charge >= 0.3 is 6.03 Å². The van der Waals surface area contributed by atoms with E-state index < -0.39 is 0 Å². The van der Waals surface area contributed by atoms with Gasteiger partial charge in [-0.05, 0) is 0 Å². The van der Waals surface area contributed by atoms with Gasteiger partial charge in [0.05, 0.1) is 13.2 Å². The summed E-state index contributed by atoms with van der Waals surface area (Å²) in [5.74, 6) is 1.20. The van der Waals surface area contributed by atoms with Crippen LogP contribution in [0.25, 0.3) is 0 Å². The van der Waals surface area contributed by atoms with Crippen LogP contribution in [0.4, 0.5) is 4.79 Å². The Morgan fingerprint density at radius 3 is 2.00 bits per heavy atom. The third-order valence-electron chi connectivity index (χ3n) is 4.17. The SMILES string of the molecule is CN(C)C(=O)/N=C(/N=C(c1ccccc1)N1CCOCC1)c1ccccc1. The van der Waals surface area contributed by atoms with E-state index in [1.807, 2.05) is 60.7 Å². The lowest BCUT2D eigenvalue weighted by molar-refractivity contribution is 0.0683. The molecule has 2 amide bonds. The lowest BCUT2D eigenvalue weighted by atomic mass is 10.1. The number of benzene rings is 2. The van der Waals surface area contributed by atoms with Crippen LogP contribution in [0.15, 0.2) is 70.6 Å². The van der Waals surface area contributed by atoms with E-state index in [0.717, 1.165) is 30.1 Å². The Labute approximate surface area is 159 Å². The molecule has 0 spiro atoms. The van der Waals surface area contributed by atoms with Crippen molar-refractivity contribution in [3.63, 3.8) is 0 Å². The molecule has 140 valence electrons. The average Bonchev–Trinajstić information content (AvgIpc) is 2.72. The van der Waals surface area contributed by atoms with Gasteiger partial charge in [-0.15, -0.1) is 0 Å². The van der Waals surface area contributed by atoms with Gasteiger partial charge in [0.2, 0.25) is 0 Å². The van der Waals surface area contributed by atoms with Crippen molar-refractivity contribution in [1.82, 2.24) is 9.80 Å². The third kappa shape index (κ3) is 5.01. The fraction of sp³-hybridized carbons (Fsp3) is 0.286. The van der Waals surface area contributed by atoms with Crippen molar-refractivity contribution in [2.75, 3.05) is 40.4 Å². The highest BCUT2D eigenvalue weighted by Gasteiger charge is 2.19. The minimum atomic E-state index is -0.341. The first-order chi connectivity index (χ1) is 13.1. The number of ether oxygens (including phenoxy) is 1. The van der Waals surface area contributed by atoms with Crippen molar-refractivity contribution in [2.24, 2.45) is 9.98 Å². The van der Waals surface area contributed by atoms with Crippen molar-refractivity contribution in [1.29, 1.82) is 0 Å². The van der Waals surface area contributed by atoms with Gasteiger partial charge in [0, 0.05) is 38.3 Å². The number of urea groups is 1. The molecule has 2 aromatic rings. The Kier molecular flexibility index (Phi) is 6.33. The molecule has 0 N–H and O–H groups in total. The first-order valence-electron chi connectivity index (χ1n) is 8.97. The molecule has 0 aromatic heterocycles. The molecule has 0 atom stereocenters. The fourth-order valence-corrected chi connectivity index (χ4v) is 2.71. The zero-order valence-electron chi connectivity index (χ0n) is 15.7. The van der Waals surface area contributed by atoms with Gasteiger partial charge in [-0.1, -0.05) is 60.7 Å². The lowest BCUT2D eigenvalue weighted by Gasteiger charge is -2.30. The molecule has 3 rings (SSSR count). The number of morpholine rings is 1. The van der Waals surface area contributed by atoms with Crippen molar-refractivity contribution >= 4 is 17.7 Å². The molecule has 27 heavy (non-hydrogen) atoms. The summed E-state index contributed by atoms with van der Waals surface area (Å²) in [7, 11) is 3.36. The van der Waals surface area contributed by atoms with Gasteiger partial charge in [-0.2, -0.15) is 4.99 Å². The minimum absolute atomic E-state index is 0.341. The topological polar surface area (TPSA) is 57.5 Å². The summed E-state index contributed by atoms with van der Waals surface area (Å²) in [4.78, 5) is 25.0. The van der Waals surface area contributed by atoms with Crippen LogP contribution in [0.5, 0.6) is 0 Å². The number of hydrogen-bond donors (Lipinski definition) is 0. The Morgan fingerprint density at radius 1 is 0.889 bits per heavy atom. The van der Waals surface area contributed by atoms with Crippen LogP contribution < -0.4 is 0 Å². The van der Waals surface area contributed by atoms with Gasteiger partial charge in [0.15, 0.2) is 5.84 Å². The van der Waals surface area contributed by atoms with Crippen molar-refractivity contribution < 1.29 is 9.53 Å². The number of carbonyl (C=O) groups is 1. The highest BCUT2D eigenvalue weighted by Crippen LogP contribution is 2.12. The summed E-state index contributed by atoms with van der Waals surface area (Å²) in [5, 5.41) is 0. The molecule has 1 aliphatic rings. The van der Waals surface area contributed by atoms with Crippen LogP contribution in [-0.4, -0.2) is 67.9 Å². The molecule has 0 aliphatic carbocycles. The molecule has 0 saturated carbocycles. The molecule has 1 aliphatic heterocycles. The fourth-order valence-electron chi connectivity index (χ4n) is 2.71. The second-order valence-corrected chi connectivity index (χ2v) is 6.38. The van der Waals surface area contributed by atoms with E-state index >= 15 is 0 Å². The maximum absolute atomic E-state index is 12.3. The van der Waals surface area contributed by atoms with E-state index in [-0.39, 0.29) is 6.03 Å². The first-order valence-corrected chi connectivity index (χ1v) is 8.97. The summed E-state index contributed by atoms with van der Waals surface area (Å²) in [6.07, 6.45) is 0. The van der Waals surface area contributed by atoms with Crippen molar-refractivity contribution in [3.8, 4) is 0 Å². The van der Waals surface area contributed by atoms with Gasteiger partial charge in [-0.3, -0.25) is 0 Å².